The Bertz CT molecular complexity index is 533. The topological polar surface area (TPSA) is 40.5 Å². The third-order valence-corrected chi connectivity index (χ3v) is 5.63. The van der Waals surface area contributed by atoms with Crippen LogP contribution in [0.3, 0.4) is 0 Å². The molecule has 108 valence electrons. The third-order valence-electron chi connectivity index (χ3n) is 3.61. The summed E-state index contributed by atoms with van der Waals surface area (Å²) in [7, 11) is 0. The van der Waals surface area contributed by atoms with E-state index >= 15 is 0 Å². The molecule has 0 radical (unpaired) electrons. The molecule has 3 nitrogen and oxygen atoms in total. The second-order valence-electron chi connectivity index (χ2n) is 4.89. The van der Waals surface area contributed by atoms with Gasteiger partial charge < -0.3 is 10.0 Å². The van der Waals surface area contributed by atoms with E-state index in [-0.39, 0.29) is 0 Å². The van der Waals surface area contributed by atoms with Crippen LogP contribution in [-0.4, -0.2) is 34.7 Å². The molecule has 1 N–H and O–H groups in total. The van der Waals surface area contributed by atoms with Gasteiger partial charge in [-0.05, 0) is 30.7 Å². The minimum atomic E-state index is -0.934. The van der Waals surface area contributed by atoms with Gasteiger partial charge in [-0.15, -0.1) is 0 Å². The lowest BCUT2D eigenvalue weighted by molar-refractivity contribution is -0.131. The lowest BCUT2D eigenvalue weighted by atomic mass is 10.1. The maximum Gasteiger partial charge on any atom is 0.328 e. The molecule has 2 unspecified atom stereocenters. The monoisotopic (exact) mass is 355 g/mol. The molecule has 20 heavy (non-hydrogen) atoms. The number of halogens is 1. The number of carbonyl (C=O) groups is 1. The summed E-state index contributed by atoms with van der Waals surface area (Å²) >= 11 is 5.54. The Hall–Kier alpha value is -0.940. The Morgan fingerprint density at radius 2 is 2.25 bits per heavy atom. The van der Waals surface area contributed by atoms with Gasteiger partial charge in [-0.1, -0.05) is 28.9 Å². The number of carboxylic acids is 1. The highest BCUT2D eigenvalue weighted by molar-refractivity contribution is 9.10. The number of anilines is 1. The SMILES string of the molecule is CC1SCCN(c2ccc(/C=C/C(=O)O)c(Br)c2)C1C. The quantitative estimate of drug-likeness (QED) is 0.835. The van der Waals surface area contributed by atoms with E-state index in [2.05, 4.69) is 46.8 Å². The fraction of sp³-hybridized carbons (Fsp3) is 0.400. The molecule has 1 fully saturated rings. The van der Waals surface area contributed by atoms with E-state index in [1.54, 1.807) is 6.08 Å². The first-order valence-corrected chi connectivity index (χ1v) is 8.42. The number of hydrogen-bond donors (Lipinski definition) is 1. The van der Waals surface area contributed by atoms with Gasteiger partial charge in [0.15, 0.2) is 0 Å². The predicted molar refractivity (Wildman–Crippen MR) is 89.5 cm³/mol. The summed E-state index contributed by atoms with van der Waals surface area (Å²) in [6, 6.07) is 6.59. The summed E-state index contributed by atoms with van der Waals surface area (Å²) in [5.74, 6) is 0.209. The largest absolute Gasteiger partial charge is 0.478 e. The molecule has 1 heterocycles. The predicted octanol–water partition coefficient (Wildman–Crippen LogP) is 3.88. The summed E-state index contributed by atoms with van der Waals surface area (Å²) in [4.78, 5) is 13.0. The van der Waals surface area contributed by atoms with E-state index in [1.807, 2.05) is 17.8 Å². The van der Waals surface area contributed by atoms with Gasteiger partial charge >= 0.3 is 5.97 Å². The first-order valence-electron chi connectivity index (χ1n) is 6.58. The highest BCUT2D eigenvalue weighted by Crippen LogP contribution is 2.31. The van der Waals surface area contributed by atoms with Crippen molar-refractivity contribution in [1.29, 1.82) is 0 Å². The maximum absolute atomic E-state index is 10.6. The summed E-state index contributed by atoms with van der Waals surface area (Å²) in [5.41, 5.74) is 2.06. The minimum Gasteiger partial charge on any atom is -0.478 e. The highest BCUT2D eigenvalue weighted by atomic mass is 79.9. The Balaban J connectivity index is 2.22. The van der Waals surface area contributed by atoms with E-state index < -0.39 is 5.97 Å². The van der Waals surface area contributed by atoms with Crippen LogP contribution in [0.5, 0.6) is 0 Å². The number of carboxylic acid groups (broad SMARTS) is 1. The Kier molecular flexibility index (Phi) is 5.16. The van der Waals surface area contributed by atoms with Crippen LogP contribution in [-0.2, 0) is 4.79 Å². The molecule has 1 aliphatic heterocycles. The molecule has 1 aliphatic rings. The average molecular weight is 356 g/mol. The molecule has 1 aromatic carbocycles. The van der Waals surface area contributed by atoms with Crippen molar-refractivity contribution in [3.63, 3.8) is 0 Å². The summed E-state index contributed by atoms with van der Waals surface area (Å²) in [6.45, 7) is 5.57. The van der Waals surface area contributed by atoms with Crippen molar-refractivity contribution in [2.45, 2.75) is 25.1 Å². The standard InChI is InChI=1S/C15H18BrNO2S/c1-10-11(2)20-8-7-17(10)13-5-3-12(14(16)9-13)4-6-15(18)19/h3-6,9-11H,7-8H2,1-2H3,(H,18,19)/b6-4+. The molecule has 0 aliphatic carbocycles. The van der Waals surface area contributed by atoms with E-state index in [1.165, 1.54) is 5.69 Å². The van der Waals surface area contributed by atoms with Crippen LogP contribution >= 0.6 is 27.7 Å². The first-order chi connectivity index (χ1) is 9.49. The van der Waals surface area contributed by atoms with Gasteiger partial charge in [0, 0.05) is 39.8 Å². The lowest BCUT2D eigenvalue weighted by Gasteiger charge is -2.39. The normalized spacial score (nSPS) is 23.2. The Morgan fingerprint density at radius 3 is 2.90 bits per heavy atom. The maximum atomic E-state index is 10.6. The zero-order chi connectivity index (χ0) is 14.7. The van der Waals surface area contributed by atoms with Crippen molar-refractivity contribution in [1.82, 2.24) is 0 Å². The number of nitrogens with zero attached hydrogens (tertiary/aromatic N) is 1. The third kappa shape index (κ3) is 3.58. The molecule has 0 bridgehead atoms. The number of aliphatic carboxylic acids is 1. The second-order valence-corrected chi connectivity index (χ2v) is 7.23. The van der Waals surface area contributed by atoms with Gasteiger partial charge in [-0.3, -0.25) is 0 Å². The van der Waals surface area contributed by atoms with E-state index in [0.717, 1.165) is 28.4 Å². The molecule has 0 aromatic heterocycles. The van der Waals surface area contributed by atoms with E-state index in [0.29, 0.717) is 11.3 Å². The molecular formula is C15H18BrNO2S. The van der Waals surface area contributed by atoms with Gasteiger partial charge in [0.1, 0.15) is 0 Å². The van der Waals surface area contributed by atoms with Crippen molar-refractivity contribution in [3.8, 4) is 0 Å². The van der Waals surface area contributed by atoms with E-state index in [4.69, 9.17) is 5.11 Å². The molecule has 1 saturated heterocycles. The molecule has 2 atom stereocenters. The fourth-order valence-electron chi connectivity index (χ4n) is 2.29. The second kappa shape index (κ2) is 6.68. The first kappa shape index (κ1) is 15.4. The summed E-state index contributed by atoms with van der Waals surface area (Å²) < 4.78 is 0.922. The molecule has 5 heteroatoms. The van der Waals surface area contributed by atoms with Crippen LogP contribution in [0.25, 0.3) is 6.08 Å². The number of benzene rings is 1. The molecule has 0 spiro atoms. The van der Waals surface area contributed by atoms with Crippen molar-refractivity contribution in [2.75, 3.05) is 17.2 Å². The van der Waals surface area contributed by atoms with Crippen molar-refractivity contribution in [3.05, 3.63) is 34.3 Å². The summed E-state index contributed by atoms with van der Waals surface area (Å²) in [6.07, 6.45) is 2.76. The molecule has 0 saturated carbocycles. The van der Waals surface area contributed by atoms with Crippen LogP contribution in [0.4, 0.5) is 5.69 Å². The van der Waals surface area contributed by atoms with Crippen molar-refractivity contribution in [2.24, 2.45) is 0 Å². The fourth-order valence-corrected chi connectivity index (χ4v) is 3.89. The van der Waals surface area contributed by atoms with Gasteiger partial charge in [0.2, 0.25) is 0 Å². The zero-order valence-corrected chi connectivity index (χ0v) is 13.9. The molecule has 1 aromatic rings. The lowest BCUT2D eigenvalue weighted by Crippen LogP contribution is -2.44. The van der Waals surface area contributed by atoms with Crippen LogP contribution in [0.2, 0.25) is 0 Å². The van der Waals surface area contributed by atoms with Gasteiger partial charge in [-0.25, -0.2) is 4.79 Å². The van der Waals surface area contributed by atoms with Crippen molar-refractivity contribution >= 4 is 45.4 Å². The highest BCUT2D eigenvalue weighted by Gasteiger charge is 2.25. The van der Waals surface area contributed by atoms with Crippen LogP contribution in [0, 0.1) is 0 Å². The Morgan fingerprint density at radius 1 is 1.50 bits per heavy atom. The minimum absolute atomic E-state index is 0.501. The molecule has 0 amide bonds. The van der Waals surface area contributed by atoms with Crippen LogP contribution in [0.15, 0.2) is 28.7 Å². The van der Waals surface area contributed by atoms with Gasteiger partial charge in [0.25, 0.3) is 0 Å². The smallest absolute Gasteiger partial charge is 0.328 e. The number of hydrogen-bond acceptors (Lipinski definition) is 3. The summed E-state index contributed by atoms with van der Waals surface area (Å²) in [5, 5.41) is 9.29. The zero-order valence-electron chi connectivity index (χ0n) is 11.5. The molecule has 2 rings (SSSR count). The van der Waals surface area contributed by atoms with E-state index in [9.17, 15) is 4.79 Å². The van der Waals surface area contributed by atoms with Gasteiger partial charge in [0.05, 0.1) is 0 Å². The van der Waals surface area contributed by atoms with Crippen molar-refractivity contribution < 1.29 is 9.90 Å². The average Bonchev–Trinajstić information content (AvgIpc) is 2.40. The molecular weight excluding hydrogens is 338 g/mol. The Labute approximate surface area is 132 Å². The number of thioether (sulfide) groups is 1. The van der Waals surface area contributed by atoms with Crippen LogP contribution < -0.4 is 4.90 Å². The van der Waals surface area contributed by atoms with Gasteiger partial charge in [-0.2, -0.15) is 11.8 Å². The van der Waals surface area contributed by atoms with Crippen LogP contribution in [0.1, 0.15) is 19.4 Å². The number of rotatable bonds is 3.